The van der Waals surface area contributed by atoms with Crippen molar-refractivity contribution in [2.45, 2.75) is 25.9 Å². The van der Waals surface area contributed by atoms with Crippen molar-refractivity contribution in [1.82, 2.24) is 14.9 Å². The van der Waals surface area contributed by atoms with Crippen molar-refractivity contribution in [2.75, 3.05) is 4.90 Å². The summed E-state index contributed by atoms with van der Waals surface area (Å²) in [7, 11) is 0. The normalized spacial score (nSPS) is 17.8. The van der Waals surface area contributed by atoms with Gasteiger partial charge < -0.3 is 19.9 Å². The number of aromatic nitrogens is 2. The Kier molecular flexibility index (Phi) is 5.98. The summed E-state index contributed by atoms with van der Waals surface area (Å²) in [6, 6.07) is 20.2. The summed E-state index contributed by atoms with van der Waals surface area (Å²) >= 11 is 18.2. The fourth-order valence-corrected chi connectivity index (χ4v) is 5.33. The van der Waals surface area contributed by atoms with E-state index in [2.05, 4.69) is 34.8 Å². The van der Waals surface area contributed by atoms with Crippen LogP contribution in [-0.2, 0) is 0 Å². The topological polar surface area (TPSA) is 53.3 Å². The maximum Gasteiger partial charge on any atom is 0.174 e. The first-order valence-electron chi connectivity index (χ1n) is 10.8. The molecule has 1 fully saturated rings. The van der Waals surface area contributed by atoms with Crippen LogP contribution in [0.1, 0.15) is 34.7 Å². The summed E-state index contributed by atoms with van der Waals surface area (Å²) in [5.41, 5.74) is 5.62. The van der Waals surface area contributed by atoms with Crippen LogP contribution < -0.4 is 10.2 Å². The highest BCUT2D eigenvalue weighted by Gasteiger charge is 2.43. The van der Waals surface area contributed by atoms with Gasteiger partial charge in [0.15, 0.2) is 5.11 Å². The van der Waals surface area contributed by atoms with Gasteiger partial charge in [0.1, 0.15) is 5.75 Å². The second-order valence-electron chi connectivity index (χ2n) is 8.27. The zero-order valence-corrected chi connectivity index (χ0v) is 20.9. The van der Waals surface area contributed by atoms with Crippen LogP contribution in [0.25, 0.3) is 5.69 Å². The number of aromatic hydroxyl groups is 1. The third kappa shape index (κ3) is 3.92. The molecule has 0 radical (unpaired) electrons. The third-order valence-corrected chi connectivity index (χ3v) is 6.97. The highest BCUT2D eigenvalue weighted by atomic mass is 35.5. The number of phenolic OH excluding ortho intramolecular Hbond substituents is 1. The smallest absolute Gasteiger partial charge is 0.174 e. The van der Waals surface area contributed by atoms with Crippen molar-refractivity contribution >= 4 is 46.2 Å². The maximum atomic E-state index is 10.7. The molecule has 0 unspecified atom stereocenters. The number of anilines is 1. The van der Waals surface area contributed by atoms with E-state index in [0.29, 0.717) is 20.8 Å². The van der Waals surface area contributed by atoms with E-state index in [1.807, 2.05) is 47.4 Å². The Morgan fingerprint density at radius 2 is 1.71 bits per heavy atom. The third-order valence-electron chi connectivity index (χ3n) is 6.17. The zero-order valence-electron chi connectivity index (χ0n) is 18.5. The lowest BCUT2D eigenvalue weighted by Crippen LogP contribution is -2.29. The van der Waals surface area contributed by atoms with Gasteiger partial charge in [0, 0.05) is 33.3 Å². The molecule has 0 spiro atoms. The molecule has 2 aromatic carbocycles. The number of phenols is 1. The quantitative estimate of drug-likeness (QED) is 0.301. The van der Waals surface area contributed by atoms with Gasteiger partial charge >= 0.3 is 0 Å². The number of aryl methyl sites for hydroxylation is 1. The molecule has 8 heteroatoms. The van der Waals surface area contributed by atoms with E-state index in [-0.39, 0.29) is 17.8 Å². The zero-order chi connectivity index (χ0) is 24.0. The molecule has 0 amide bonds. The van der Waals surface area contributed by atoms with Crippen LogP contribution in [0.3, 0.4) is 0 Å². The van der Waals surface area contributed by atoms with Crippen LogP contribution in [0.4, 0.5) is 5.69 Å². The Morgan fingerprint density at radius 1 is 0.971 bits per heavy atom. The summed E-state index contributed by atoms with van der Waals surface area (Å²) in [5, 5.41) is 15.9. The Bertz CT molecular complexity index is 1370. The Morgan fingerprint density at radius 3 is 2.41 bits per heavy atom. The Hall–Kier alpha value is -3.06. The SMILES string of the molecule is Cc1cc([C@H]2[C@@H](c3ccccn3)NC(=S)N2c2cc(Cl)ccc2O)c(C)n1-c1ccc(Cl)cc1. The molecule has 172 valence electrons. The number of halogens is 2. The van der Waals surface area contributed by atoms with Gasteiger partial charge in [-0.15, -0.1) is 0 Å². The van der Waals surface area contributed by atoms with Crippen LogP contribution in [-0.4, -0.2) is 19.8 Å². The minimum absolute atomic E-state index is 0.103. The summed E-state index contributed by atoms with van der Waals surface area (Å²) in [5.74, 6) is 0.103. The van der Waals surface area contributed by atoms with Crippen LogP contribution >= 0.6 is 35.4 Å². The molecule has 34 heavy (non-hydrogen) atoms. The molecule has 0 saturated carbocycles. The molecule has 4 aromatic rings. The predicted octanol–water partition coefficient (Wildman–Crippen LogP) is 6.68. The molecule has 2 aromatic heterocycles. The van der Waals surface area contributed by atoms with Gasteiger partial charge in [-0.1, -0.05) is 29.3 Å². The average Bonchev–Trinajstić information content (AvgIpc) is 3.32. The van der Waals surface area contributed by atoms with E-state index in [4.69, 9.17) is 35.4 Å². The number of hydrogen-bond acceptors (Lipinski definition) is 3. The number of nitrogens with one attached hydrogen (secondary N) is 1. The molecule has 1 aliphatic heterocycles. The summed E-state index contributed by atoms with van der Waals surface area (Å²) in [6.45, 7) is 4.16. The number of thiocarbonyl (C=S) groups is 1. The molecule has 3 heterocycles. The molecule has 2 N–H and O–H groups in total. The first-order chi connectivity index (χ1) is 16.3. The highest BCUT2D eigenvalue weighted by Crippen LogP contribution is 2.46. The molecule has 5 nitrogen and oxygen atoms in total. The van der Waals surface area contributed by atoms with E-state index >= 15 is 0 Å². The second kappa shape index (κ2) is 8.95. The van der Waals surface area contributed by atoms with Gasteiger partial charge in [-0.3, -0.25) is 4.98 Å². The molecule has 0 bridgehead atoms. The van der Waals surface area contributed by atoms with Crippen molar-refractivity contribution in [3.63, 3.8) is 0 Å². The number of rotatable bonds is 4. The minimum atomic E-state index is -0.265. The van der Waals surface area contributed by atoms with Gasteiger partial charge in [-0.2, -0.15) is 0 Å². The van der Waals surface area contributed by atoms with Gasteiger partial charge in [-0.25, -0.2) is 0 Å². The molecular weight excluding hydrogens is 487 g/mol. The Labute approximate surface area is 213 Å². The molecule has 1 saturated heterocycles. The van der Waals surface area contributed by atoms with E-state index in [1.54, 1.807) is 24.4 Å². The number of nitrogens with zero attached hydrogens (tertiary/aromatic N) is 3. The first-order valence-corrected chi connectivity index (χ1v) is 12.0. The van der Waals surface area contributed by atoms with E-state index in [9.17, 15) is 5.11 Å². The maximum absolute atomic E-state index is 10.7. The standard InChI is InChI=1S/C26H22Cl2N4OS/c1-15-13-20(16(2)31(15)19-9-6-17(27)7-10-19)25-24(21-5-3-4-12-29-21)30-26(34)32(25)22-14-18(28)8-11-23(22)33/h3-14,24-25,33H,1-2H3,(H,30,34)/t24-,25+/m1/s1. The molecule has 0 aliphatic carbocycles. The lowest BCUT2D eigenvalue weighted by Gasteiger charge is -2.28. The van der Waals surface area contributed by atoms with Gasteiger partial charge in [0.2, 0.25) is 0 Å². The molecule has 1 aliphatic rings. The summed E-state index contributed by atoms with van der Waals surface area (Å²) in [6.07, 6.45) is 1.77. The second-order valence-corrected chi connectivity index (χ2v) is 9.53. The fourth-order valence-electron chi connectivity index (χ4n) is 4.69. The van der Waals surface area contributed by atoms with Crippen molar-refractivity contribution in [2.24, 2.45) is 0 Å². The number of hydrogen-bond donors (Lipinski definition) is 2. The van der Waals surface area contributed by atoms with Crippen molar-refractivity contribution in [1.29, 1.82) is 0 Å². The van der Waals surface area contributed by atoms with Crippen LogP contribution in [0.2, 0.25) is 10.0 Å². The lowest BCUT2D eigenvalue weighted by molar-refractivity contribution is 0.472. The lowest BCUT2D eigenvalue weighted by atomic mass is 9.96. The number of benzene rings is 2. The summed E-state index contributed by atoms with van der Waals surface area (Å²) in [4.78, 5) is 6.54. The fraction of sp³-hybridized carbons (Fsp3) is 0.154. The van der Waals surface area contributed by atoms with Crippen molar-refractivity contribution in [3.8, 4) is 11.4 Å². The minimum Gasteiger partial charge on any atom is -0.506 e. The van der Waals surface area contributed by atoms with E-state index < -0.39 is 0 Å². The predicted molar refractivity (Wildman–Crippen MR) is 141 cm³/mol. The monoisotopic (exact) mass is 508 g/mol. The van der Waals surface area contributed by atoms with Gasteiger partial charge in [-0.05, 0) is 92.3 Å². The molecule has 2 atom stereocenters. The van der Waals surface area contributed by atoms with Crippen LogP contribution in [0, 0.1) is 13.8 Å². The van der Waals surface area contributed by atoms with Crippen LogP contribution in [0.15, 0.2) is 72.9 Å². The molecular formula is C26H22Cl2N4OS. The highest BCUT2D eigenvalue weighted by molar-refractivity contribution is 7.80. The van der Waals surface area contributed by atoms with Crippen molar-refractivity contribution in [3.05, 3.63) is 106 Å². The van der Waals surface area contributed by atoms with Crippen LogP contribution in [0.5, 0.6) is 5.75 Å². The van der Waals surface area contributed by atoms with E-state index in [0.717, 1.165) is 28.3 Å². The molecule has 5 rings (SSSR count). The first kappa shape index (κ1) is 22.7. The number of pyridine rings is 1. The largest absolute Gasteiger partial charge is 0.506 e. The van der Waals surface area contributed by atoms with Gasteiger partial charge in [0.25, 0.3) is 0 Å². The summed E-state index contributed by atoms with van der Waals surface area (Å²) < 4.78 is 2.19. The average molecular weight is 509 g/mol. The van der Waals surface area contributed by atoms with Gasteiger partial charge in [0.05, 0.1) is 23.5 Å². The Balaban J connectivity index is 1.70. The van der Waals surface area contributed by atoms with Crippen molar-refractivity contribution < 1.29 is 5.11 Å². The van der Waals surface area contributed by atoms with E-state index in [1.165, 1.54) is 0 Å².